The highest BCUT2D eigenvalue weighted by atomic mass is 15.2. The van der Waals surface area contributed by atoms with Crippen LogP contribution in [0.3, 0.4) is 0 Å². The van der Waals surface area contributed by atoms with Gasteiger partial charge in [-0.1, -0.05) is 37.3 Å². The minimum absolute atomic E-state index is 0.176. The third kappa shape index (κ3) is 3.95. The lowest BCUT2D eigenvalue weighted by Crippen LogP contribution is -2.16. The number of rotatable bonds is 6. The number of anilines is 2. The molecule has 20 heavy (non-hydrogen) atoms. The quantitative estimate of drug-likeness (QED) is 0.837. The number of nitrogens with one attached hydrogen (secondary N) is 2. The fourth-order valence-electron chi connectivity index (χ4n) is 1.88. The summed E-state index contributed by atoms with van der Waals surface area (Å²) >= 11 is 0. The van der Waals surface area contributed by atoms with Crippen LogP contribution >= 0.6 is 0 Å². The van der Waals surface area contributed by atoms with Crippen molar-refractivity contribution in [3.05, 3.63) is 48.2 Å². The maximum absolute atomic E-state index is 4.49. The van der Waals surface area contributed by atoms with Crippen molar-refractivity contribution < 1.29 is 0 Å². The summed E-state index contributed by atoms with van der Waals surface area (Å²) in [5.74, 6) is 1.51. The summed E-state index contributed by atoms with van der Waals surface area (Å²) in [7, 11) is 0. The van der Waals surface area contributed by atoms with Gasteiger partial charge in [0.05, 0.1) is 6.04 Å². The first-order valence-electron chi connectivity index (χ1n) is 7.10. The minimum Gasteiger partial charge on any atom is -0.367 e. The Balaban J connectivity index is 2.04. The average molecular weight is 270 g/mol. The molecule has 1 heterocycles. The van der Waals surface area contributed by atoms with Gasteiger partial charge in [-0.25, -0.2) is 4.98 Å². The van der Waals surface area contributed by atoms with E-state index < -0.39 is 0 Å². The van der Waals surface area contributed by atoms with Gasteiger partial charge in [0.2, 0.25) is 5.95 Å². The number of hydrogen-bond acceptors (Lipinski definition) is 4. The maximum Gasteiger partial charge on any atom is 0.225 e. The van der Waals surface area contributed by atoms with Gasteiger partial charge in [-0.15, -0.1) is 0 Å². The van der Waals surface area contributed by atoms with Crippen LogP contribution < -0.4 is 10.6 Å². The molecule has 2 aromatic rings. The van der Waals surface area contributed by atoms with Crippen LogP contribution in [0.15, 0.2) is 42.6 Å². The molecule has 106 valence electrons. The third-order valence-corrected chi connectivity index (χ3v) is 3.31. The van der Waals surface area contributed by atoms with Crippen LogP contribution in [0.25, 0.3) is 0 Å². The van der Waals surface area contributed by atoms with Gasteiger partial charge in [-0.2, -0.15) is 4.98 Å². The summed E-state index contributed by atoms with van der Waals surface area (Å²) in [5, 5.41) is 6.68. The average Bonchev–Trinajstić information content (AvgIpc) is 2.48. The SMILES string of the molecule is CCC(C)Nc1ccnc(NC(C)c2ccccc2)n1. The van der Waals surface area contributed by atoms with E-state index in [0.717, 1.165) is 12.2 Å². The van der Waals surface area contributed by atoms with E-state index in [-0.39, 0.29) is 6.04 Å². The van der Waals surface area contributed by atoms with E-state index in [9.17, 15) is 0 Å². The van der Waals surface area contributed by atoms with Crippen molar-refractivity contribution >= 4 is 11.8 Å². The normalized spacial score (nSPS) is 13.6. The molecule has 0 saturated carbocycles. The Labute approximate surface area is 120 Å². The molecule has 4 nitrogen and oxygen atoms in total. The Morgan fingerprint density at radius 3 is 2.50 bits per heavy atom. The molecule has 4 heteroatoms. The van der Waals surface area contributed by atoms with Crippen LogP contribution in [0, 0.1) is 0 Å². The predicted octanol–water partition coefficient (Wildman–Crippen LogP) is 3.86. The topological polar surface area (TPSA) is 49.8 Å². The van der Waals surface area contributed by atoms with Gasteiger partial charge in [-0.3, -0.25) is 0 Å². The lowest BCUT2D eigenvalue weighted by atomic mass is 10.1. The second-order valence-corrected chi connectivity index (χ2v) is 5.00. The fourth-order valence-corrected chi connectivity index (χ4v) is 1.88. The van der Waals surface area contributed by atoms with Gasteiger partial charge < -0.3 is 10.6 Å². The van der Waals surface area contributed by atoms with Crippen LogP contribution in [-0.2, 0) is 0 Å². The van der Waals surface area contributed by atoms with E-state index in [2.05, 4.69) is 53.5 Å². The third-order valence-electron chi connectivity index (χ3n) is 3.31. The highest BCUT2D eigenvalue weighted by molar-refractivity contribution is 5.41. The summed E-state index contributed by atoms with van der Waals surface area (Å²) < 4.78 is 0. The summed E-state index contributed by atoms with van der Waals surface area (Å²) in [6.45, 7) is 6.39. The lowest BCUT2D eigenvalue weighted by Gasteiger charge is -2.16. The zero-order valence-corrected chi connectivity index (χ0v) is 12.3. The second-order valence-electron chi connectivity index (χ2n) is 5.00. The largest absolute Gasteiger partial charge is 0.367 e. The molecule has 2 rings (SSSR count). The molecule has 1 aromatic carbocycles. The maximum atomic E-state index is 4.49. The van der Waals surface area contributed by atoms with Crippen molar-refractivity contribution in [2.75, 3.05) is 10.6 Å². The molecular weight excluding hydrogens is 248 g/mol. The van der Waals surface area contributed by atoms with Gasteiger partial charge >= 0.3 is 0 Å². The number of benzene rings is 1. The van der Waals surface area contributed by atoms with E-state index in [0.29, 0.717) is 12.0 Å². The molecule has 0 saturated heterocycles. The molecule has 0 aliphatic carbocycles. The summed E-state index contributed by atoms with van der Waals surface area (Å²) in [6.07, 6.45) is 2.84. The first-order chi connectivity index (χ1) is 9.69. The first kappa shape index (κ1) is 14.3. The monoisotopic (exact) mass is 270 g/mol. The standard InChI is InChI=1S/C16H22N4/c1-4-12(2)18-15-10-11-17-16(20-15)19-13(3)14-8-6-5-7-9-14/h5-13H,4H2,1-3H3,(H2,17,18,19,20). The predicted molar refractivity (Wildman–Crippen MR) is 83.9 cm³/mol. The fraction of sp³-hybridized carbons (Fsp3) is 0.375. The Morgan fingerprint density at radius 2 is 1.80 bits per heavy atom. The number of aromatic nitrogens is 2. The van der Waals surface area contributed by atoms with Crippen molar-refractivity contribution in [3.63, 3.8) is 0 Å². The van der Waals surface area contributed by atoms with Gasteiger partial charge in [0.1, 0.15) is 5.82 Å². The van der Waals surface area contributed by atoms with Crippen molar-refractivity contribution in [3.8, 4) is 0 Å². The Kier molecular flexibility index (Phi) is 4.93. The first-order valence-corrected chi connectivity index (χ1v) is 7.10. The van der Waals surface area contributed by atoms with Gasteiger partial charge in [0.25, 0.3) is 0 Å². The molecule has 2 atom stereocenters. The molecule has 0 amide bonds. The van der Waals surface area contributed by atoms with Crippen molar-refractivity contribution in [1.82, 2.24) is 9.97 Å². The molecule has 0 fully saturated rings. The zero-order valence-electron chi connectivity index (χ0n) is 12.3. The molecule has 0 radical (unpaired) electrons. The summed E-state index contributed by atoms with van der Waals surface area (Å²) in [6, 6.07) is 12.8. The minimum atomic E-state index is 0.176. The van der Waals surface area contributed by atoms with E-state index in [4.69, 9.17) is 0 Å². The van der Waals surface area contributed by atoms with E-state index in [1.165, 1.54) is 5.56 Å². The molecule has 1 aromatic heterocycles. The molecule has 0 bridgehead atoms. The van der Waals surface area contributed by atoms with Gasteiger partial charge in [0, 0.05) is 12.2 Å². The Morgan fingerprint density at radius 1 is 1.05 bits per heavy atom. The van der Waals surface area contributed by atoms with Crippen LogP contribution in [0.2, 0.25) is 0 Å². The van der Waals surface area contributed by atoms with E-state index in [1.54, 1.807) is 6.20 Å². The Hall–Kier alpha value is -2.10. The molecule has 2 unspecified atom stereocenters. The summed E-state index contributed by atoms with van der Waals surface area (Å²) in [4.78, 5) is 8.77. The Bertz CT molecular complexity index is 527. The number of nitrogens with zero attached hydrogens (tertiary/aromatic N) is 2. The molecular formula is C16H22N4. The van der Waals surface area contributed by atoms with Crippen molar-refractivity contribution in [2.24, 2.45) is 0 Å². The van der Waals surface area contributed by atoms with E-state index in [1.807, 2.05) is 24.3 Å². The van der Waals surface area contributed by atoms with Crippen LogP contribution in [0.5, 0.6) is 0 Å². The highest BCUT2D eigenvalue weighted by Gasteiger charge is 2.07. The lowest BCUT2D eigenvalue weighted by molar-refractivity contribution is 0.757. The second kappa shape index (κ2) is 6.89. The molecule has 0 aliphatic rings. The van der Waals surface area contributed by atoms with Crippen LogP contribution in [0.4, 0.5) is 11.8 Å². The van der Waals surface area contributed by atoms with Crippen molar-refractivity contribution in [2.45, 2.75) is 39.3 Å². The molecule has 0 aliphatic heterocycles. The molecule has 0 spiro atoms. The van der Waals surface area contributed by atoms with Gasteiger partial charge in [-0.05, 0) is 31.9 Å². The van der Waals surface area contributed by atoms with Crippen LogP contribution in [0.1, 0.15) is 38.8 Å². The zero-order chi connectivity index (χ0) is 14.4. The molecule has 2 N–H and O–H groups in total. The van der Waals surface area contributed by atoms with Gasteiger partial charge in [0.15, 0.2) is 0 Å². The number of hydrogen-bond donors (Lipinski definition) is 2. The highest BCUT2D eigenvalue weighted by Crippen LogP contribution is 2.17. The summed E-state index contributed by atoms with van der Waals surface area (Å²) in [5.41, 5.74) is 1.22. The van der Waals surface area contributed by atoms with Crippen molar-refractivity contribution in [1.29, 1.82) is 0 Å². The van der Waals surface area contributed by atoms with E-state index >= 15 is 0 Å². The van der Waals surface area contributed by atoms with Crippen LogP contribution in [-0.4, -0.2) is 16.0 Å². The smallest absolute Gasteiger partial charge is 0.225 e.